The van der Waals surface area contributed by atoms with E-state index in [1.165, 1.54) is 12.1 Å². The fraction of sp³-hybridized carbons (Fsp3) is 0.444. The average Bonchev–Trinajstić information content (AvgIpc) is 2.63. The summed E-state index contributed by atoms with van der Waals surface area (Å²) in [5.74, 6) is -3.94. The van der Waals surface area contributed by atoms with Crippen LogP contribution in [0.1, 0.15) is 19.3 Å². The lowest BCUT2D eigenvalue weighted by atomic mass is 9.34. The molecule has 0 atom stereocenters. The van der Waals surface area contributed by atoms with Crippen LogP contribution in [0.25, 0.3) is 0 Å². The Bertz CT molecular complexity index is 951. The molecule has 9 nitrogen and oxygen atoms in total. The summed E-state index contributed by atoms with van der Waals surface area (Å²) in [7, 11) is 0. The van der Waals surface area contributed by atoms with Crippen molar-refractivity contribution in [3.63, 3.8) is 0 Å². The number of rotatable bonds is 7. The predicted octanol–water partition coefficient (Wildman–Crippen LogP) is 1.35. The van der Waals surface area contributed by atoms with E-state index in [0.717, 1.165) is 6.07 Å². The molecule has 0 heterocycles. The van der Waals surface area contributed by atoms with Gasteiger partial charge in [0.2, 0.25) is 11.8 Å². The molecule has 3 N–H and O–H groups in total. The number of hydrogen-bond acceptors (Lipinski definition) is 6. The number of alkyl halides is 3. The quantitative estimate of drug-likeness (QED) is 0.399. The predicted molar refractivity (Wildman–Crippen MR) is 97.1 cm³/mol. The molecule has 0 unspecified atom stereocenters. The zero-order valence-electron chi connectivity index (χ0n) is 16.1. The molecule has 0 spiro atoms. The van der Waals surface area contributed by atoms with Gasteiger partial charge in [0.15, 0.2) is 6.61 Å². The first-order valence-electron chi connectivity index (χ1n) is 9.06. The van der Waals surface area contributed by atoms with Crippen molar-refractivity contribution in [3.05, 3.63) is 29.0 Å². The van der Waals surface area contributed by atoms with Gasteiger partial charge in [-0.3, -0.25) is 40.1 Å². The summed E-state index contributed by atoms with van der Waals surface area (Å²) in [5.41, 5.74) is 1.92. The van der Waals surface area contributed by atoms with Crippen molar-refractivity contribution in [1.82, 2.24) is 16.2 Å². The highest BCUT2D eigenvalue weighted by molar-refractivity contribution is 6.30. The van der Waals surface area contributed by atoms with E-state index < -0.39 is 59.9 Å². The molecular formula is C18H16ClF4N3O6. The summed E-state index contributed by atoms with van der Waals surface area (Å²) in [6.45, 7) is -1.88. The number of benzene rings is 1. The van der Waals surface area contributed by atoms with E-state index in [0.29, 0.717) is 0 Å². The molecule has 174 valence electrons. The molecule has 3 fully saturated rings. The minimum Gasteiger partial charge on any atom is -0.484 e. The Morgan fingerprint density at radius 3 is 2.19 bits per heavy atom. The number of carbonyl (C=O) groups is 4. The highest BCUT2D eigenvalue weighted by Gasteiger charge is 2.75. The van der Waals surface area contributed by atoms with Gasteiger partial charge in [0.05, 0.1) is 15.9 Å². The summed E-state index contributed by atoms with van der Waals surface area (Å²) < 4.78 is 57.4. The lowest BCUT2D eigenvalue weighted by molar-refractivity contribution is -0.321. The first-order chi connectivity index (χ1) is 14.8. The van der Waals surface area contributed by atoms with Crippen molar-refractivity contribution < 1.29 is 46.2 Å². The van der Waals surface area contributed by atoms with Gasteiger partial charge in [-0.05, 0) is 31.4 Å². The number of imide groups is 1. The van der Waals surface area contributed by atoms with Gasteiger partial charge in [-0.15, -0.1) is 13.2 Å². The Morgan fingerprint density at radius 2 is 1.59 bits per heavy atom. The van der Waals surface area contributed by atoms with E-state index in [2.05, 4.69) is 10.1 Å². The second-order valence-corrected chi connectivity index (χ2v) is 7.98. The van der Waals surface area contributed by atoms with Crippen molar-refractivity contribution in [3.8, 4) is 5.75 Å². The molecule has 2 bridgehead atoms. The Labute approximate surface area is 182 Å². The van der Waals surface area contributed by atoms with Crippen LogP contribution in [0.4, 0.5) is 17.6 Å². The Morgan fingerprint density at radius 1 is 0.969 bits per heavy atom. The molecular weight excluding hydrogens is 466 g/mol. The van der Waals surface area contributed by atoms with Gasteiger partial charge in [-0.1, -0.05) is 11.6 Å². The van der Waals surface area contributed by atoms with Crippen LogP contribution in [0.3, 0.4) is 0 Å². The molecule has 3 aliphatic rings. The fourth-order valence-corrected chi connectivity index (χ4v) is 3.84. The topological polar surface area (TPSA) is 123 Å². The number of hydrogen-bond donors (Lipinski definition) is 3. The third-order valence-electron chi connectivity index (χ3n) is 5.19. The maximum Gasteiger partial charge on any atom is 0.523 e. The highest BCUT2D eigenvalue weighted by atomic mass is 35.5. The lowest BCUT2D eigenvalue weighted by Gasteiger charge is -2.67. The molecule has 0 saturated heterocycles. The number of hydrazine groups is 1. The van der Waals surface area contributed by atoms with Crippen LogP contribution >= 0.6 is 11.6 Å². The fourth-order valence-electron chi connectivity index (χ4n) is 3.72. The molecule has 32 heavy (non-hydrogen) atoms. The van der Waals surface area contributed by atoms with Gasteiger partial charge in [0.1, 0.15) is 18.2 Å². The molecule has 0 aliphatic heterocycles. The smallest absolute Gasteiger partial charge is 0.484 e. The Balaban J connectivity index is 1.38. The Hall–Kier alpha value is -2.93. The minimum absolute atomic E-state index is 0.0401. The molecule has 3 aliphatic carbocycles. The van der Waals surface area contributed by atoms with E-state index in [9.17, 15) is 36.7 Å². The van der Waals surface area contributed by atoms with E-state index in [-0.39, 0.29) is 30.0 Å². The molecule has 14 heteroatoms. The maximum absolute atomic E-state index is 13.3. The van der Waals surface area contributed by atoms with Gasteiger partial charge in [0, 0.05) is 6.07 Å². The van der Waals surface area contributed by atoms with Gasteiger partial charge in [-0.2, -0.15) is 0 Å². The third kappa shape index (κ3) is 5.10. The minimum atomic E-state index is -4.98. The molecule has 4 rings (SSSR count). The molecule has 4 amide bonds. The van der Waals surface area contributed by atoms with Crippen LogP contribution in [-0.4, -0.2) is 43.2 Å². The molecule has 0 aromatic heterocycles. The van der Waals surface area contributed by atoms with Crippen molar-refractivity contribution in [2.75, 3.05) is 13.2 Å². The maximum atomic E-state index is 13.3. The first-order valence-corrected chi connectivity index (χ1v) is 9.44. The Kier molecular flexibility index (Phi) is 6.33. The van der Waals surface area contributed by atoms with Gasteiger partial charge >= 0.3 is 6.36 Å². The monoisotopic (exact) mass is 481 g/mol. The summed E-state index contributed by atoms with van der Waals surface area (Å²) in [6.07, 6.45) is -4.68. The summed E-state index contributed by atoms with van der Waals surface area (Å²) in [6, 6.07) is 3.57. The largest absolute Gasteiger partial charge is 0.523 e. The zero-order chi connectivity index (χ0) is 23.7. The number of halogens is 5. The van der Waals surface area contributed by atoms with Crippen LogP contribution in [-0.2, 0) is 23.9 Å². The van der Waals surface area contributed by atoms with Gasteiger partial charge in [-0.25, -0.2) is 4.39 Å². The summed E-state index contributed by atoms with van der Waals surface area (Å²) in [5, 5.41) is 2.03. The van der Waals surface area contributed by atoms with E-state index in [1.807, 2.05) is 5.43 Å². The number of carbonyl (C=O) groups excluding carboxylic acids is 4. The average molecular weight is 482 g/mol. The van der Waals surface area contributed by atoms with E-state index >= 15 is 0 Å². The van der Waals surface area contributed by atoms with Crippen LogP contribution in [0.5, 0.6) is 5.75 Å². The van der Waals surface area contributed by atoms with Crippen molar-refractivity contribution in [2.45, 2.75) is 25.6 Å². The number of amides is 4. The van der Waals surface area contributed by atoms with Crippen LogP contribution in [0.15, 0.2) is 18.2 Å². The molecule has 1 aromatic carbocycles. The SMILES string of the molecule is O=C(COC(F)(F)F)NNC(=O)C12CC(C(=O)NC(=O)COc3ccc(Cl)c(F)c3)(C1)C2. The third-order valence-corrected chi connectivity index (χ3v) is 5.50. The van der Waals surface area contributed by atoms with Gasteiger partial charge in [0.25, 0.3) is 11.8 Å². The van der Waals surface area contributed by atoms with Gasteiger partial charge < -0.3 is 4.74 Å². The second kappa shape index (κ2) is 8.54. The summed E-state index contributed by atoms with van der Waals surface area (Å²) in [4.78, 5) is 47.6. The van der Waals surface area contributed by atoms with E-state index in [4.69, 9.17) is 16.3 Å². The standard InChI is InChI=1S/C18H16ClF4N3O6/c19-10-2-1-9(3-11(10)20)31-4-12(27)24-14(29)16-6-17(7-16,8-16)15(30)26-25-13(28)5-32-18(21,22)23/h1-3H,4-8H2,(H,25,28)(H,26,30)(H,24,27,29). The highest BCUT2D eigenvalue weighted by Crippen LogP contribution is 2.73. The summed E-state index contributed by atoms with van der Waals surface area (Å²) >= 11 is 5.54. The van der Waals surface area contributed by atoms with Crippen molar-refractivity contribution in [1.29, 1.82) is 0 Å². The van der Waals surface area contributed by atoms with Crippen molar-refractivity contribution in [2.24, 2.45) is 10.8 Å². The zero-order valence-corrected chi connectivity index (χ0v) is 16.9. The number of ether oxygens (including phenoxy) is 2. The van der Waals surface area contributed by atoms with E-state index in [1.54, 1.807) is 5.43 Å². The molecule has 0 radical (unpaired) electrons. The first kappa shape index (κ1) is 23.7. The molecule has 3 saturated carbocycles. The van der Waals surface area contributed by atoms with Crippen molar-refractivity contribution >= 4 is 35.2 Å². The number of nitrogens with one attached hydrogen (secondary N) is 3. The van der Waals surface area contributed by atoms with Crippen LogP contribution in [0.2, 0.25) is 5.02 Å². The molecule has 1 aromatic rings. The lowest BCUT2D eigenvalue weighted by Crippen LogP contribution is -2.73. The van der Waals surface area contributed by atoms with Crippen LogP contribution < -0.4 is 20.9 Å². The van der Waals surface area contributed by atoms with Crippen LogP contribution in [0, 0.1) is 16.6 Å². The normalized spacial score (nSPS) is 23.3. The second-order valence-electron chi connectivity index (χ2n) is 7.57.